The molecule has 0 spiro atoms. The molecule has 91 heavy (non-hydrogen) atoms. The van der Waals surface area contributed by atoms with Crippen molar-refractivity contribution in [2.45, 2.75) is 315 Å². The van der Waals surface area contributed by atoms with Crippen molar-refractivity contribution in [1.82, 2.24) is 5.32 Å². The van der Waals surface area contributed by atoms with Crippen molar-refractivity contribution >= 4 is 13.7 Å². The first-order valence-electron chi connectivity index (χ1n) is 37.3. The van der Waals surface area contributed by atoms with Gasteiger partial charge in [0.2, 0.25) is 5.91 Å². The number of amides is 1. The van der Waals surface area contributed by atoms with Crippen molar-refractivity contribution < 1.29 is 32.9 Å². The molecule has 520 valence electrons. The van der Waals surface area contributed by atoms with Crippen molar-refractivity contribution in [1.29, 1.82) is 0 Å². The van der Waals surface area contributed by atoms with Crippen LogP contribution < -0.4 is 10.2 Å². The van der Waals surface area contributed by atoms with Gasteiger partial charge in [0.05, 0.1) is 39.9 Å². The van der Waals surface area contributed by atoms with Crippen LogP contribution in [0.3, 0.4) is 0 Å². The van der Waals surface area contributed by atoms with E-state index in [1.54, 1.807) is 6.08 Å². The van der Waals surface area contributed by atoms with E-state index in [1.165, 1.54) is 148 Å². The molecule has 0 heterocycles. The third kappa shape index (κ3) is 73.4. The van der Waals surface area contributed by atoms with Crippen LogP contribution in [0.15, 0.2) is 158 Å². The number of carbonyl (C=O) groups excluding carboxylic acids is 1. The third-order valence-corrected chi connectivity index (χ3v) is 16.9. The number of rotatable bonds is 67. The second-order valence-electron chi connectivity index (χ2n) is 25.9. The molecule has 3 unspecified atom stereocenters. The van der Waals surface area contributed by atoms with E-state index < -0.39 is 26.6 Å². The molecule has 0 aliphatic heterocycles. The fourth-order valence-electron chi connectivity index (χ4n) is 10.2. The van der Waals surface area contributed by atoms with E-state index in [0.29, 0.717) is 17.4 Å². The first-order chi connectivity index (χ1) is 44.5. The normalized spacial score (nSPS) is 14.5. The number of allylic oxidation sites excluding steroid dienone is 25. The zero-order valence-corrected chi connectivity index (χ0v) is 60.4. The Hall–Kier alpha value is -3.88. The zero-order valence-electron chi connectivity index (χ0n) is 59.5. The van der Waals surface area contributed by atoms with Gasteiger partial charge in [-0.05, 0) is 122 Å². The quantitative estimate of drug-likeness (QED) is 0.0272. The van der Waals surface area contributed by atoms with Crippen LogP contribution in [0.2, 0.25) is 0 Å². The Balaban J connectivity index is 4.21. The van der Waals surface area contributed by atoms with E-state index in [9.17, 15) is 19.4 Å². The molecule has 0 bridgehead atoms. The number of hydrogen-bond acceptors (Lipinski definition) is 6. The standard InChI is InChI=1S/C82H141N2O6P/c1-6-8-10-12-14-16-18-20-22-24-26-28-30-32-34-36-38-40-41-42-43-44-46-48-50-52-54-56-58-60-62-64-66-68-70-72-74-76-82(86)83-80(79-90-91(87,88)89-78-77-84(3,4)5)81(85)75-73-71-69-67-65-63-61-59-57-55-53-51-49-47-45-39-37-35-33-31-29-27-25-23-21-19-17-15-13-11-9-7-2/h8,10,14,16,20,22,26,28,32,34,38,40,42-43,46,48,52,54,57-60,65,67,73,75,80-81,85H,6-7,9,11-13,15,17-19,21,23-25,27,29-31,33,35-37,39,41,44-45,47,49-51,53,55-56,61-64,66,68-72,74,76-79H2,1-5H3,(H-,83,86,87,88)/b10-8-,16-14-,22-20-,28-26-,34-32-,40-38-,43-42-,48-46-,54-52-,59-57+,60-58-,67-65+,75-73+. The average Bonchev–Trinajstić information content (AvgIpc) is 3.42. The van der Waals surface area contributed by atoms with Crippen LogP contribution in [0.25, 0.3) is 0 Å². The molecular formula is C82H141N2O6P. The van der Waals surface area contributed by atoms with Crippen LogP contribution in [0.1, 0.15) is 303 Å². The van der Waals surface area contributed by atoms with Gasteiger partial charge >= 0.3 is 0 Å². The van der Waals surface area contributed by atoms with E-state index >= 15 is 0 Å². The lowest BCUT2D eigenvalue weighted by molar-refractivity contribution is -0.870. The predicted molar refractivity (Wildman–Crippen MR) is 398 cm³/mol. The average molecular weight is 1280 g/mol. The van der Waals surface area contributed by atoms with Crippen molar-refractivity contribution in [3.8, 4) is 0 Å². The van der Waals surface area contributed by atoms with Crippen LogP contribution in [0, 0.1) is 0 Å². The van der Waals surface area contributed by atoms with Gasteiger partial charge in [0.1, 0.15) is 13.2 Å². The lowest BCUT2D eigenvalue weighted by Crippen LogP contribution is -2.45. The Morgan fingerprint density at radius 3 is 1.02 bits per heavy atom. The number of phosphoric acid groups is 1. The minimum atomic E-state index is -4.63. The van der Waals surface area contributed by atoms with Gasteiger partial charge in [-0.1, -0.05) is 332 Å². The Kier molecular flexibility index (Phi) is 67.4. The van der Waals surface area contributed by atoms with Gasteiger partial charge < -0.3 is 28.8 Å². The number of aliphatic hydroxyl groups excluding tert-OH is 1. The summed E-state index contributed by atoms with van der Waals surface area (Å²) in [6.45, 7) is 4.50. The molecule has 0 radical (unpaired) electrons. The SMILES string of the molecule is CC/C=C\C/C=C\C/C=C\C/C=C\C/C=C\C/C=C\C/C=C\C/C=C\C/C=C\C/C=C\CCCCCCCCC(=O)NC(COP(=O)([O-])OCC[N+](C)(C)C)C(O)/C=C/CC/C=C/CC/C=C/CCCCCCCCCCCCCCCCCCCCCCCC. The van der Waals surface area contributed by atoms with Crippen molar-refractivity contribution in [2.24, 2.45) is 0 Å². The summed E-state index contributed by atoms with van der Waals surface area (Å²) in [5, 5.41) is 13.9. The van der Waals surface area contributed by atoms with Crippen LogP contribution in [0.5, 0.6) is 0 Å². The van der Waals surface area contributed by atoms with Gasteiger partial charge in [0.15, 0.2) is 0 Å². The van der Waals surface area contributed by atoms with Crippen molar-refractivity contribution in [3.05, 3.63) is 158 Å². The third-order valence-electron chi connectivity index (χ3n) is 15.9. The predicted octanol–water partition coefficient (Wildman–Crippen LogP) is 23.9. The van der Waals surface area contributed by atoms with Gasteiger partial charge in [-0.15, -0.1) is 0 Å². The van der Waals surface area contributed by atoms with Crippen LogP contribution in [0.4, 0.5) is 0 Å². The van der Waals surface area contributed by atoms with Gasteiger partial charge in [-0.2, -0.15) is 0 Å². The molecule has 0 saturated carbocycles. The summed E-state index contributed by atoms with van der Waals surface area (Å²) in [4.78, 5) is 25.7. The second kappa shape index (κ2) is 70.4. The molecule has 0 aromatic carbocycles. The van der Waals surface area contributed by atoms with Gasteiger partial charge in [-0.25, -0.2) is 0 Å². The Morgan fingerprint density at radius 1 is 0.396 bits per heavy atom. The fraction of sp³-hybridized carbons (Fsp3) is 0.671. The van der Waals surface area contributed by atoms with Gasteiger partial charge in [0.25, 0.3) is 7.82 Å². The second-order valence-corrected chi connectivity index (χ2v) is 27.3. The Morgan fingerprint density at radius 2 is 0.681 bits per heavy atom. The summed E-state index contributed by atoms with van der Waals surface area (Å²) in [6, 6.07) is -0.933. The number of carbonyl (C=O) groups is 1. The number of phosphoric ester groups is 1. The molecule has 1 amide bonds. The molecule has 0 saturated heterocycles. The smallest absolute Gasteiger partial charge is 0.268 e. The molecule has 0 aliphatic carbocycles. The van der Waals surface area contributed by atoms with E-state index in [2.05, 4.69) is 165 Å². The number of aliphatic hydroxyl groups is 1. The molecular weight excluding hydrogens is 1140 g/mol. The van der Waals surface area contributed by atoms with E-state index in [4.69, 9.17) is 9.05 Å². The highest BCUT2D eigenvalue weighted by atomic mass is 31.2. The lowest BCUT2D eigenvalue weighted by Gasteiger charge is -2.29. The highest BCUT2D eigenvalue weighted by molar-refractivity contribution is 7.45. The number of quaternary nitrogens is 1. The monoisotopic (exact) mass is 1280 g/mol. The molecule has 0 aromatic rings. The molecule has 0 rings (SSSR count). The van der Waals surface area contributed by atoms with Gasteiger partial charge in [-0.3, -0.25) is 9.36 Å². The molecule has 8 nitrogen and oxygen atoms in total. The number of hydrogen-bond donors (Lipinski definition) is 2. The minimum absolute atomic E-state index is 0.0205. The molecule has 0 fully saturated rings. The maximum absolute atomic E-state index is 13.0. The summed E-state index contributed by atoms with van der Waals surface area (Å²) in [6.07, 6.45) is 110. The molecule has 0 aliphatic rings. The highest BCUT2D eigenvalue weighted by Crippen LogP contribution is 2.38. The number of nitrogens with one attached hydrogen (secondary N) is 1. The summed E-state index contributed by atoms with van der Waals surface area (Å²) in [7, 11) is 1.21. The lowest BCUT2D eigenvalue weighted by atomic mass is 10.0. The number of likely N-dealkylation sites (N-methyl/N-ethyl adjacent to an activating group) is 1. The van der Waals surface area contributed by atoms with Crippen LogP contribution in [-0.4, -0.2) is 68.5 Å². The molecule has 9 heteroatoms. The van der Waals surface area contributed by atoms with Crippen LogP contribution >= 0.6 is 7.82 Å². The minimum Gasteiger partial charge on any atom is -0.756 e. The maximum atomic E-state index is 13.0. The summed E-state index contributed by atoms with van der Waals surface area (Å²) in [5.74, 6) is -0.230. The molecule has 3 atom stereocenters. The topological polar surface area (TPSA) is 108 Å². The molecule has 2 N–H and O–H groups in total. The number of nitrogens with zero attached hydrogens (tertiary/aromatic N) is 1. The summed E-state index contributed by atoms with van der Waals surface area (Å²) < 4.78 is 23.4. The first-order valence-corrected chi connectivity index (χ1v) is 38.8. The van der Waals surface area contributed by atoms with Crippen molar-refractivity contribution in [3.63, 3.8) is 0 Å². The number of unbranched alkanes of at least 4 members (excludes halogenated alkanes) is 30. The Labute approximate surface area is 562 Å². The summed E-state index contributed by atoms with van der Waals surface area (Å²) >= 11 is 0. The highest BCUT2D eigenvalue weighted by Gasteiger charge is 2.23. The Bertz CT molecular complexity index is 2050. The van der Waals surface area contributed by atoms with Gasteiger partial charge in [0, 0.05) is 6.42 Å². The maximum Gasteiger partial charge on any atom is 0.268 e. The van der Waals surface area contributed by atoms with Crippen molar-refractivity contribution in [2.75, 3.05) is 40.9 Å². The van der Waals surface area contributed by atoms with Crippen LogP contribution in [-0.2, 0) is 18.4 Å². The largest absolute Gasteiger partial charge is 0.756 e. The molecule has 0 aromatic heterocycles. The summed E-state index contributed by atoms with van der Waals surface area (Å²) in [5.41, 5.74) is 0. The van der Waals surface area contributed by atoms with E-state index in [0.717, 1.165) is 135 Å². The zero-order chi connectivity index (χ0) is 66.2. The van der Waals surface area contributed by atoms with E-state index in [-0.39, 0.29) is 12.5 Å². The first kappa shape index (κ1) is 87.1. The fourth-order valence-corrected chi connectivity index (χ4v) is 10.9. The van der Waals surface area contributed by atoms with E-state index in [1.807, 2.05) is 27.2 Å².